The number of hydrogen-bond acceptors (Lipinski definition) is 0. The van der Waals surface area contributed by atoms with Gasteiger partial charge in [0.1, 0.15) is 0 Å². The van der Waals surface area contributed by atoms with Crippen LogP contribution in [0.15, 0.2) is 72.8 Å². The molecular formula is C26H21N. The number of hydrogen-bond donors (Lipinski definition) is 0. The van der Waals surface area contributed by atoms with Crippen molar-refractivity contribution in [1.29, 1.82) is 0 Å². The molecule has 6 aromatic rings. The highest BCUT2D eigenvalue weighted by Crippen LogP contribution is 2.42. The zero-order valence-corrected chi connectivity index (χ0v) is 15.9. The van der Waals surface area contributed by atoms with Crippen LogP contribution in [0.3, 0.4) is 0 Å². The molecule has 130 valence electrons. The standard InChI is InChI=1S/C26H21N/c1-26(2,3)18-14-21-19-10-6-7-11-23(19)27-24-13-17-9-5-4-8-16(17)12-20(24)22(15-18)25(21)27/h4-15H,1-3H3. The summed E-state index contributed by atoms with van der Waals surface area (Å²) in [5, 5.41) is 8.04. The molecule has 1 heteroatoms. The van der Waals surface area contributed by atoms with E-state index >= 15 is 0 Å². The van der Waals surface area contributed by atoms with E-state index < -0.39 is 0 Å². The monoisotopic (exact) mass is 347 g/mol. The normalized spacial score (nSPS) is 13.0. The van der Waals surface area contributed by atoms with Gasteiger partial charge in [0.2, 0.25) is 0 Å². The average molecular weight is 347 g/mol. The molecule has 0 saturated carbocycles. The van der Waals surface area contributed by atoms with E-state index in [1.54, 1.807) is 0 Å². The van der Waals surface area contributed by atoms with Crippen molar-refractivity contribution in [2.24, 2.45) is 0 Å². The predicted molar refractivity (Wildman–Crippen MR) is 117 cm³/mol. The molecule has 2 heterocycles. The minimum absolute atomic E-state index is 0.119. The summed E-state index contributed by atoms with van der Waals surface area (Å²) in [5.41, 5.74) is 5.48. The highest BCUT2D eigenvalue weighted by molar-refractivity contribution is 6.24. The number of aromatic nitrogens is 1. The zero-order chi connectivity index (χ0) is 18.3. The molecule has 0 N–H and O–H groups in total. The molecular weight excluding hydrogens is 326 g/mol. The van der Waals surface area contributed by atoms with Crippen molar-refractivity contribution in [2.45, 2.75) is 26.2 Å². The van der Waals surface area contributed by atoms with Crippen LogP contribution in [-0.2, 0) is 5.41 Å². The van der Waals surface area contributed by atoms with Gasteiger partial charge in [-0.15, -0.1) is 0 Å². The first-order valence-electron chi connectivity index (χ1n) is 9.63. The average Bonchev–Trinajstić information content (AvgIpc) is 3.16. The van der Waals surface area contributed by atoms with E-state index in [0.29, 0.717) is 0 Å². The molecule has 0 fully saturated rings. The zero-order valence-electron chi connectivity index (χ0n) is 15.9. The smallest absolute Gasteiger partial charge is 0.0620 e. The van der Waals surface area contributed by atoms with E-state index in [4.69, 9.17) is 0 Å². The van der Waals surface area contributed by atoms with Gasteiger partial charge in [-0.05, 0) is 52.1 Å². The Morgan fingerprint density at radius 3 is 1.96 bits per heavy atom. The first kappa shape index (κ1) is 15.0. The van der Waals surface area contributed by atoms with Gasteiger partial charge in [-0.3, -0.25) is 0 Å². The lowest BCUT2D eigenvalue weighted by Crippen LogP contribution is -2.10. The summed E-state index contributed by atoms with van der Waals surface area (Å²) in [4.78, 5) is 0. The van der Waals surface area contributed by atoms with Gasteiger partial charge in [0, 0.05) is 21.5 Å². The largest absolute Gasteiger partial charge is 0.308 e. The summed E-state index contributed by atoms with van der Waals surface area (Å²) >= 11 is 0. The summed E-state index contributed by atoms with van der Waals surface area (Å²) in [7, 11) is 0. The van der Waals surface area contributed by atoms with Crippen molar-refractivity contribution in [1.82, 2.24) is 4.40 Å². The fourth-order valence-electron chi connectivity index (χ4n) is 4.62. The third-order valence-electron chi connectivity index (χ3n) is 6.03. The number of nitrogens with zero attached hydrogens (tertiary/aromatic N) is 1. The van der Waals surface area contributed by atoms with Crippen molar-refractivity contribution >= 4 is 48.9 Å². The van der Waals surface area contributed by atoms with Gasteiger partial charge >= 0.3 is 0 Å². The molecule has 0 aliphatic heterocycles. The van der Waals surface area contributed by atoms with Crippen LogP contribution in [0.2, 0.25) is 0 Å². The maximum atomic E-state index is 2.47. The maximum Gasteiger partial charge on any atom is 0.0620 e. The summed E-state index contributed by atoms with van der Waals surface area (Å²) in [5.74, 6) is 0. The van der Waals surface area contributed by atoms with Crippen molar-refractivity contribution in [3.05, 3.63) is 78.4 Å². The van der Waals surface area contributed by atoms with E-state index in [0.717, 1.165) is 0 Å². The number of rotatable bonds is 0. The van der Waals surface area contributed by atoms with E-state index in [-0.39, 0.29) is 5.41 Å². The summed E-state index contributed by atoms with van der Waals surface area (Å²) in [6.07, 6.45) is 0. The minimum atomic E-state index is 0.119. The van der Waals surface area contributed by atoms with Crippen LogP contribution in [0.1, 0.15) is 26.3 Å². The Kier molecular flexibility index (Phi) is 2.68. The van der Waals surface area contributed by atoms with Crippen LogP contribution in [0.25, 0.3) is 48.9 Å². The molecule has 0 amide bonds. The third kappa shape index (κ3) is 1.89. The van der Waals surface area contributed by atoms with Gasteiger partial charge in [-0.2, -0.15) is 0 Å². The molecule has 0 bridgehead atoms. The van der Waals surface area contributed by atoms with Gasteiger partial charge in [0.25, 0.3) is 0 Å². The second-order valence-corrected chi connectivity index (χ2v) is 8.74. The molecule has 0 radical (unpaired) electrons. The van der Waals surface area contributed by atoms with E-state index in [2.05, 4.69) is 98.0 Å². The number of benzene rings is 4. The van der Waals surface area contributed by atoms with Gasteiger partial charge < -0.3 is 4.40 Å². The predicted octanol–water partition coefficient (Wildman–Crippen LogP) is 7.29. The Hall–Kier alpha value is -3.06. The summed E-state index contributed by atoms with van der Waals surface area (Å²) < 4.78 is 2.47. The van der Waals surface area contributed by atoms with Crippen LogP contribution in [-0.4, -0.2) is 4.40 Å². The first-order valence-corrected chi connectivity index (χ1v) is 9.63. The summed E-state index contributed by atoms with van der Waals surface area (Å²) in [6.45, 7) is 6.91. The maximum absolute atomic E-state index is 2.47. The number of fused-ring (bicyclic) bond motifs is 7. The first-order chi connectivity index (χ1) is 13.0. The Labute approximate surface area is 158 Å². The Bertz CT molecular complexity index is 1490. The SMILES string of the molecule is CC(C)(C)c1cc2c3ccccc3n3c4cc5ccccc5cc4c(c1)c23. The summed E-state index contributed by atoms with van der Waals surface area (Å²) in [6, 6.07) is 27.0. The second kappa shape index (κ2) is 4.80. The van der Waals surface area contributed by atoms with Crippen LogP contribution in [0.4, 0.5) is 0 Å². The van der Waals surface area contributed by atoms with Crippen LogP contribution >= 0.6 is 0 Å². The Balaban J connectivity index is 1.96. The van der Waals surface area contributed by atoms with Crippen molar-refractivity contribution < 1.29 is 0 Å². The van der Waals surface area contributed by atoms with Gasteiger partial charge in [-0.1, -0.05) is 63.2 Å². The molecule has 0 atom stereocenters. The van der Waals surface area contributed by atoms with Gasteiger partial charge in [-0.25, -0.2) is 0 Å². The Morgan fingerprint density at radius 1 is 0.593 bits per heavy atom. The van der Waals surface area contributed by atoms with Gasteiger partial charge in [0.15, 0.2) is 0 Å². The topological polar surface area (TPSA) is 4.41 Å². The molecule has 0 spiro atoms. The van der Waals surface area contributed by atoms with Crippen molar-refractivity contribution in [3.8, 4) is 0 Å². The molecule has 27 heavy (non-hydrogen) atoms. The van der Waals surface area contributed by atoms with Crippen LogP contribution < -0.4 is 0 Å². The second-order valence-electron chi connectivity index (χ2n) is 8.74. The molecule has 0 saturated heterocycles. The van der Waals surface area contributed by atoms with Crippen LogP contribution in [0, 0.1) is 0 Å². The molecule has 1 nitrogen and oxygen atoms in total. The number of para-hydroxylation sites is 1. The van der Waals surface area contributed by atoms with Gasteiger partial charge in [0.05, 0.1) is 16.6 Å². The van der Waals surface area contributed by atoms with E-state index in [1.165, 1.54) is 54.4 Å². The van der Waals surface area contributed by atoms with Crippen molar-refractivity contribution in [2.75, 3.05) is 0 Å². The fraction of sp³-hybridized carbons (Fsp3) is 0.154. The highest BCUT2D eigenvalue weighted by Gasteiger charge is 2.22. The van der Waals surface area contributed by atoms with Crippen LogP contribution in [0.5, 0.6) is 0 Å². The lowest BCUT2D eigenvalue weighted by molar-refractivity contribution is 0.592. The molecule has 0 unspecified atom stereocenters. The molecule has 2 aromatic heterocycles. The lowest BCUT2D eigenvalue weighted by Gasteiger charge is -2.19. The quantitative estimate of drug-likeness (QED) is 0.272. The highest BCUT2D eigenvalue weighted by atomic mass is 14.9. The lowest BCUT2D eigenvalue weighted by atomic mass is 9.85. The molecule has 0 aliphatic carbocycles. The molecule has 4 aromatic carbocycles. The van der Waals surface area contributed by atoms with Crippen molar-refractivity contribution in [3.63, 3.8) is 0 Å². The fourth-order valence-corrected chi connectivity index (χ4v) is 4.62. The van der Waals surface area contributed by atoms with E-state index in [9.17, 15) is 0 Å². The minimum Gasteiger partial charge on any atom is -0.308 e. The Morgan fingerprint density at radius 2 is 1.22 bits per heavy atom. The third-order valence-corrected chi connectivity index (χ3v) is 6.03. The molecule has 6 rings (SSSR count). The molecule has 0 aliphatic rings. The van der Waals surface area contributed by atoms with E-state index in [1.807, 2.05) is 0 Å².